The molecule has 1 rings (SSSR count). The van der Waals surface area contributed by atoms with E-state index in [-0.39, 0.29) is 24.2 Å². The Labute approximate surface area is 126 Å². The highest BCUT2D eigenvalue weighted by Gasteiger charge is 2.21. The van der Waals surface area contributed by atoms with Crippen LogP contribution >= 0.6 is 0 Å². The molecule has 0 spiro atoms. The molecular weight excluding hydrogens is 294 g/mol. The molecule has 0 aromatic heterocycles. The zero-order valence-corrected chi connectivity index (χ0v) is 13.7. The van der Waals surface area contributed by atoms with Crippen LogP contribution in [-0.2, 0) is 21.4 Å². The Hall–Kier alpha value is -1.15. The highest BCUT2D eigenvalue weighted by atomic mass is 32.2. The van der Waals surface area contributed by atoms with Gasteiger partial charge >= 0.3 is 0 Å². The number of aliphatic hydroxyl groups is 1. The van der Waals surface area contributed by atoms with Crippen molar-refractivity contribution < 1.29 is 23.0 Å². The maximum Gasteiger partial charge on any atom is 0.242 e. The van der Waals surface area contributed by atoms with Gasteiger partial charge in [0.25, 0.3) is 0 Å². The summed E-state index contributed by atoms with van der Waals surface area (Å²) in [6.07, 6.45) is 0.0584. The predicted molar refractivity (Wildman–Crippen MR) is 79.8 cm³/mol. The number of sulfonamides is 1. The van der Waals surface area contributed by atoms with E-state index in [1.165, 1.54) is 36.7 Å². The van der Waals surface area contributed by atoms with Crippen molar-refractivity contribution in [2.24, 2.45) is 0 Å². The van der Waals surface area contributed by atoms with Crippen LogP contribution in [0.25, 0.3) is 0 Å². The summed E-state index contributed by atoms with van der Waals surface area (Å²) in [4.78, 5) is 0.124. The van der Waals surface area contributed by atoms with E-state index in [0.29, 0.717) is 17.9 Å². The first-order valence-corrected chi connectivity index (χ1v) is 8.12. The number of ether oxygens (including phenoxy) is 2. The number of aliphatic hydroxyl groups excluding tert-OH is 1. The molecule has 0 saturated carbocycles. The van der Waals surface area contributed by atoms with Crippen molar-refractivity contribution in [1.29, 1.82) is 0 Å². The first-order chi connectivity index (χ1) is 9.82. The molecule has 0 bridgehead atoms. The normalized spacial score (nSPS) is 12.1. The largest absolute Gasteiger partial charge is 0.496 e. The van der Waals surface area contributed by atoms with Crippen LogP contribution < -0.4 is 4.74 Å². The average Bonchev–Trinajstić information content (AvgIpc) is 2.45. The summed E-state index contributed by atoms with van der Waals surface area (Å²) < 4.78 is 36.5. The van der Waals surface area contributed by atoms with E-state index in [2.05, 4.69) is 0 Å². The van der Waals surface area contributed by atoms with E-state index >= 15 is 0 Å². The van der Waals surface area contributed by atoms with Crippen molar-refractivity contribution in [3.63, 3.8) is 0 Å². The van der Waals surface area contributed by atoms with Crippen LogP contribution in [-0.4, -0.2) is 51.2 Å². The number of benzene rings is 1. The second-order valence-electron chi connectivity index (χ2n) is 4.88. The Morgan fingerprint density at radius 1 is 1.33 bits per heavy atom. The van der Waals surface area contributed by atoms with Gasteiger partial charge in [-0.15, -0.1) is 0 Å². The molecule has 0 radical (unpaired) electrons. The molecule has 21 heavy (non-hydrogen) atoms. The molecule has 0 heterocycles. The number of hydrogen-bond donors (Lipinski definition) is 1. The SMILES string of the molecule is COc1ccc(S(=O)(=O)N(C)CCOC(C)C)cc1CO. The van der Waals surface area contributed by atoms with Crippen LogP contribution in [0.1, 0.15) is 19.4 Å². The molecule has 120 valence electrons. The summed E-state index contributed by atoms with van der Waals surface area (Å²) in [5, 5.41) is 9.27. The maximum absolute atomic E-state index is 12.4. The minimum atomic E-state index is -3.61. The number of methoxy groups -OCH3 is 1. The van der Waals surface area contributed by atoms with E-state index in [9.17, 15) is 13.5 Å². The zero-order chi connectivity index (χ0) is 16.0. The Morgan fingerprint density at radius 3 is 2.52 bits per heavy atom. The van der Waals surface area contributed by atoms with Gasteiger partial charge in [-0.1, -0.05) is 0 Å². The second kappa shape index (κ2) is 7.74. The molecule has 0 saturated heterocycles. The highest BCUT2D eigenvalue weighted by molar-refractivity contribution is 7.89. The van der Waals surface area contributed by atoms with Crippen LogP contribution in [0.5, 0.6) is 5.75 Å². The van der Waals surface area contributed by atoms with Crippen LogP contribution in [0, 0.1) is 0 Å². The fraction of sp³-hybridized carbons (Fsp3) is 0.571. The quantitative estimate of drug-likeness (QED) is 0.780. The molecule has 6 nitrogen and oxygen atoms in total. The third kappa shape index (κ3) is 4.67. The van der Waals surface area contributed by atoms with Crippen molar-refractivity contribution >= 4 is 10.0 Å². The first-order valence-electron chi connectivity index (χ1n) is 6.68. The summed E-state index contributed by atoms with van der Waals surface area (Å²) in [7, 11) is -0.636. The Bertz CT molecular complexity index is 556. The molecule has 0 fully saturated rings. The van der Waals surface area contributed by atoms with Crippen molar-refractivity contribution in [2.75, 3.05) is 27.3 Å². The van der Waals surface area contributed by atoms with Gasteiger partial charge < -0.3 is 14.6 Å². The predicted octanol–water partition coefficient (Wildman–Crippen LogP) is 1.23. The van der Waals surface area contributed by atoms with Gasteiger partial charge in [0.05, 0.1) is 31.3 Å². The Kier molecular flexibility index (Phi) is 6.60. The smallest absolute Gasteiger partial charge is 0.242 e. The third-order valence-corrected chi connectivity index (χ3v) is 4.84. The molecule has 1 N–H and O–H groups in total. The molecule has 1 aromatic rings. The maximum atomic E-state index is 12.4. The summed E-state index contributed by atoms with van der Waals surface area (Å²) in [5.41, 5.74) is 0.436. The Morgan fingerprint density at radius 2 is 2.00 bits per heavy atom. The summed E-state index contributed by atoms with van der Waals surface area (Å²) in [6, 6.07) is 4.43. The molecule has 0 amide bonds. The number of hydrogen-bond acceptors (Lipinski definition) is 5. The van der Waals surface area contributed by atoms with Crippen molar-refractivity contribution in [3.05, 3.63) is 23.8 Å². The molecule has 1 aromatic carbocycles. The topological polar surface area (TPSA) is 76.1 Å². The third-order valence-electron chi connectivity index (χ3n) is 2.99. The lowest BCUT2D eigenvalue weighted by atomic mass is 10.2. The molecular formula is C14H23NO5S. The lowest BCUT2D eigenvalue weighted by Crippen LogP contribution is -2.31. The fourth-order valence-electron chi connectivity index (χ4n) is 1.76. The van der Waals surface area contributed by atoms with Crippen LogP contribution in [0.3, 0.4) is 0 Å². The highest BCUT2D eigenvalue weighted by Crippen LogP contribution is 2.24. The van der Waals surface area contributed by atoms with Crippen LogP contribution in [0.2, 0.25) is 0 Å². The molecule has 0 unspecified atom stereocenters. The van der Waals surface area contributed by atoms with Gasteiger partial charge in [0.1, 0.15) is 5.75 Å². The lowest BCUT2D eigenvalue weighted by Gasteiger charge is -2.19. The molecule has 0 aliphatic rings. The summed E-state index contributed by atoms with van der Waals surface area (Å²) in [5.74, 6) is 0.460. The Balaban J connectivity index is 2.91. The van der Waals surface area contributed by atoms with Crippen LogP contribution in [0.4, 0.5) is 0 Å². The minimum absolute atomic E-state index is 0.0584. The van der Waals surface area contributed by atoms with Gasteiger partial charge in [0.2, 0.25) is 10.0 Å². The van der Waals surface area contributed by atoms with Crippen LogP contribution in [0.15, 0.2) is 23.1 Å². The van der Waals surface area contributed by atoms with Crippen molar-refractivity contribution in [3.8, 4) is 5.75 Å². The van der Waals surface area contributed by atoms with Crippen molar-refractivity contribution in [1.82, 2.24) is 4.31 Å². The number of rotatable bonds is 8. The summed E-state index contributed by atoms with van der Waals surface area (Å²) in [6.45, 7) is 4.10. The molecule has 0 aliphatic heterocycles. The van der Waals surface area contributed by atoms with E-state index in [1.807, 2.05) is 13.8 Å². The van der Waals surface area contributed by atoms with E-state index in [1.54, 1.807) is 0 Å². The minimum Gasteiger partial charge on any atom is -0.496 e. The monoisotopic (exact) mass is 317 g/mol. The van der Waals surface area contributed by atoms with Gasteiger partial charge in [0, 0.05) is 19.2 Å². The molecule has 7 heteroatoms. The second-order valence-corrected chi connectivity index (χ2v) is 6.92. The molecule has 0 aliphatic carbocycles. The standard InChI is InChI=1S/C14H23NO5S/c1-11(2)20-8-7-15(3)21(17,18)13-5-6-14(19-4)12(9-13)10-16/h5-6,9,11,16H,7-8,10H2,1-4H3. The van der Waals surface area contributed by atoms with Crippen molar-refractivity contribution in [2.45, 2.75) is 31.5 Å². The first kappa shape index (κ1) is 17.9. The lowest BCUT2D eigenvalue weighted by molar-refractivity contribution is 0.0737. The number of likely N-dealkylation sites (N-methyl/N-ethyl adjacent to an activating group) is 1. The zero-order valence-electron chi connectivity index (χ0n) is 12.9. The van der Waals surface area contributed by atoms with Gasteiger partial charge in [-0.3, -0.25) is 0 Å². The van der Waals surface area contributed by atoms with E-state index in [0.717, 1.165) is 0 Å². The van der Waals surface area contributed by atoms with E-state index < -0.39 is 10.0 Å². The van der Waals surface area contributed by atoms with Gasteiger partial charge in [-0.25, -0.2) is 8.42 Å². The van der Waals surface area contributed by atoms with Gasteiger partial charge in [-0.05, 0) is 32.0 Å². The fourth-order valence-corrected chi connectivity index (χ4v) is 2.96. The average molecular weight is 317 g/mol. The molecule has 0 atom stereocenters. The summed E-state index contributed by atoms with van der Waals surface area (Å²) >= 11 is 0. The van der Waals surface area contributed by atoms with E-state index in [4.69, 9.17) is 9.47 Å². The number of nitrogens with zero attached hydrogens (tertiary/aromatic N) is 1. The van der Waals surface area contributed by atoms with Gasteiger partial charge in [-0.2, -0.15) is 4.31 Å². The van der Waals surface area contributed by atoms with Gasteiger partial charge in [0.15, 0.2) is 0 Å².